The molecule has 116 valence electrons. The van der Waals surface area contributed by atoms with E-state index in [1.54, 1.807) is 0 Å². The average molecular weight is 319 g/mol. The highest BCUT2D eigenvalue weighted by Gasteiger charge is 2.15. The zero-order valence-electron chi connectivity index (χ0n) is 12.4. The number of benzene rings is 1. The molecule has 1 aromatic heterocycles. The van der Waals surface area contributed by atoms with Crippen LogP contribution in [0.15, 0.2) is 35.2 Å². The van der Waals surface area contributed by atoms with Crippen molar-refractivity contribution in [1.82, 2.24) is 9.78 Å². The number of para-hydroxylation sites is 1. The Morgan fingerprint density at radius 3 is 2.59 bits per heavy atom. The lowest BCUT2D eigenvalue weighted by Crippen LogP contribution is -2.21. The van der Waals surface area contributed by atoms with Gasteiger partial charge in [0.05, 0.1) is 27.7 Å². The number of nitrogens with zero attached hydrogens (tertiary/aromatic N) is 2. The van der Waals surface area contributed by atoms with Gasteiger partial charge >= 0.3 is 5.97 Å². The van der Waals surface area contributed by atoms with E-state index in [1.165, 1.54) is 11.8 Å². The second-order valence-corrected chi connectivity index (χ2v) is 5.65. The molecule has 0 aliphatic rings. The van der Waals surface area contributed by atoms with Crippen LogP contribution in [-0.2, 0) is 14.3 Å². The van der Waals surface area contributed by atoms with Gasteiger partial charge in [-0.05, 0) is 26.0 Å². The predicted molar refractivity (Wildman–Crippen MR) is 83.9 cm³/mol. The molecule has 0 saturated carbocycles. The van der Waals surface area contributed by atoms with Crippen molar-refractivity contribution in [3.8, 4) is 5.69 Å². The van der Waals surface area contributed by atoms with Gasteiger partial charge in [-0.1, -0.05) is 18.2 Å². The van der Waals surface area contributed by atoms with E-state index >= 15 is 0 Å². The molecule has 0 radical (unpaired) electrons. The van der Waals surface area contributed by atoms with Crippen LogP contribution in [0.3, 0.4) is 0 Å². The Balaban J connectivity index is 2.08. The summed E-state index contributed by atoms with van der Waals surface area (Å²) in [6, 6.07) is 9.77. The van der Waals surface area contributed by atoms with Crippen LogP contribution in [0.4, 0.5) is 0 Å². The van der Waals surface area contributed by atoms with Gasteiger partial charge < -0.3 is 10.5 Å². The molecule has 6 nitrogen and oxygen atoms in total. The number of carbonyl (C=O) groups excluding carboxylic acids is 2. The third kappa shape index (κ3) is 3.88. The molecule has 2 rings (SSSR count). The summed E-state index contributed by atoms with van der Waals surface area (Å²) in [5.74, 6) is -1.03. The van der Waals surface area contributed by atoms with E-state index in [2.05, 4.69) is 5.10 Å². The Bertz CT molecular complexity index is 683. The number of ether oxygens (including phenoxy) is 1. The van der Waals surface area contributed by atoms with Gasteiger partial charge in [0.2, 0.25) is 0 Å². The summed E-state index contributed by atoms with van der Waals surface area (Å²) < 4.78 is 6.57. The van der Waals surface area contributed by atoms with Crippen molar-refractivity contribution >= 4 is 23.6 Å². The molecule has 7 heteroatoms. The largest absolute Gasteiger partial charge is 0.455 e. The predicted octanol–water partition coefficient (Wildman–Crippen LogP) is 1.61. The number of rotatable bonds is 6. The van der Waals surface area contributed by atoms with Gasteiger partial charge in [0.1, 0.15) is 0 Å². The van der Waals surface area contributed by atoms with Gasteiger partial charge in [-0.2, -0.15) is 5.10 Å². The second-order valence-electron chi connectivity index (χ2n) is 4.66. The van der Waals surface area contributed by atoms with E-state index in [0.717, 1.165) is 22.0 Å². The van der Waals surface area contributed by atoms with Crippen molar-refractivity contribution in [3.05, 3.63) is 41.7 Å². The molecule has 22 heavy (non-hydrogen) atoms. The van der Waals surface area contributed by atoms with E-state index in [4.69, 9.17) is 10.5 Å². The van der Waals surface area contributed by atoms with E-state index in [-0.39, 0.29) is 12.4 Å². The Morgan fingerprint density at radius 2 is 1.95 bits per heavy atom. The molecule has 1 aromatic carbocycles. The van der Waals surface area contributed by atoms with Crippen LogP contribution in [0.5, 0.6) is 0 Å². The number of esters is 1. The van der Waals surface area contributed by atoms with Crippen LogP contribution in [-0.4, -0.2) is 34.0 Å². The number of thioether (sulfide) groups is 1. The summed E-state index contributed by atoms with van der Waals surface area (Å²) in [6.45, 7) is 3.45. The van der Waals surface area contributed by atoms with Crippen LogP contribution in [0.1, 0.15) is 11.4 Å². The molecular weight excluding hydrogens is 302 g/mol. The molecule has 1 heterocycles. The molecule has 0 bridgehead atoms. The first-order valence-corrected chi connectivity index (χ1v) is 7.66. The summed E-state index contributed by atoms with van der Waals surface area (Å²) in [5.41, 5.74) is 7.69. The minimum atomic E-state index is -0.664. The molecule has 0 atom stereocenters. The van der Waals surface area contributed by atoms with Crippen molar-refractivity contribution in [2.45, 2.75) is 18.7 Å². The molecule has 0 fully saturated rings. The zero-order chi connectivity index (χ0) is 16.1. The first-order chi connectivity index (χ1) is 10.5. The number of hydrogen-bond acceptors (Lipinski definition) is 5. The molecule has 0 aliphatic heterocycles. The number of amides is 1. The summed E-state index contributed by atoms with van der Waals surface area (Å²) in [7, 11) is 0. The third-order valence-electron chi connectivity index (χ3n) is 2.94. The highest BCUT2D eigenvalue weighted by Crippen LogP contribution is 2.27. The van der Waals surface area contributed by atoms with Crippen LogP contribution in [0.2, 0.25) is 0 Å². The Labute approximate surface area is 132 Å². The van der Waals surface area contributed by atoms with Crippen molar-refractivity contribution in [2.24, 2.45) is 5.73 Å². The molecular formula is C15H17N3O3S. The number of carbonyl (C=O) groups is 2. The maximum Gasteiger partial charge on any atom is 0.316 e. The Morgan fingerprint density at radius 1 is 1.27 bits per heavy atom. The monoisotopic (exact) mass is 319 g/mol. The lowest BCUT2D eigenvalue weighted by Gasteiger charge is -2.05. The number of primary amides is 1. The van der Waals surface area contributed by atoms with Crippen LogP contribution in [0, 0.1) is 13.8 Å². The van der Waals surface area contributed by atoms with Gasteiger partial charge in [-0.3, -0.25) is 9.59 Å². The van der Waals surface area contributed by atoms with E-state index < -0.39 is 11.9 Å². The zero-order valence-corrected chi connectivity index (χ0v) is 13.2. The summed E-state index contributed by atoms with van der Waals surface area (Å²) >= 11 is 1.34. The highest BCUT2D eigenvalue weighted by atomic mass is 32.2. The fourth-order valence-electron chi connectivity index (χ4n) is 1.98. The molecule has 0 spiro atoms. The van der Waals surface area contributed by atoms with Crippen LogP contribution < -0.4 is 5.73 Å². The van der Waals surface area contributed by atoms with Crippen molar-refractivity contribution in [2.75, 3.05) is 12.4 Å². The van der Waals surface area contributed by atoms with Gasteiger partial charge in [0.15, 0.2) is 6.61 Å². The fraction of sp³-hybridized carbons (Fsp3) is 0.267. The molecule has 1 amide bonds. The molecule has 2 aromatic rings. The number of aryl methyl sites for hydroxylation is 1. The van der Waals surface area contributed by atoms with Crippen molar-refractivity contribution in [3.63, 3.8) is 0 Å². The SMILES string of the molecule is Cc1nn(-c2ccccc2)c(C)c1SCC(=O)OCC(N)=O. The maximum atomic E-state index is 11.5. The van der Waals surface area contributed by atoms with Gasteiger partial charge in [0, 0.05) is 0 Å². The third-order valence-corrected chi connectivity index (χ3v) is 4.19. The lowest BCUT2D eigenvalue weighted by atomic mass is 10.3. The second kappa shape index (κ2) is 7.13. The van der Waals surface area contributed by atoms with E-state index in [1.807, 2.05) is 48.9 Å². The smallest absolute Gasteiger partial charge is 0.316 e. The van der Waals surface area contributed by atoms with Gasteiger partial charge in [-0.15, -0.1) is 11.8 Å². The molecule has 2 N–H and O–H groups in total. The maximum absolute atomic E-state index is 11.5. The summed E-state index contributed by atoms with van der Waals surface area (Å²) in [4.78, 5) is 23.0. The number of hydrogen-bond donors (Lipinski definition) is 1. The molecule has 0 saturated heterocycles. The van der Waals surface area contributed by atoms with E-state index in [9.17, 15) is 9.59 Å². The Kier molecular flexibility index (Phi) is 5.21. The standard InChI is InChI=1S/C15H17N3O3S/c1-10-15(22-9-14(20)21-8-13(16)19)11(2)18(17-10)12-6-4-3-5-7-12/h3-7H,8-9H2,1-2H3,(H2,16,19). The first-order valence-electron chi connectivity index (χ1n) is 6.67. The van der Waals surface area contributed by atoms with Crippen LogP contribution in [0.25, 0.3) is 5.69 Å². The molecule has 0 unspecified atom stereocenters. The van der Waals surface area contributed by atoms with E-state index in [0.29, 0.717) is 0 Å². The normalized spacial score (nSPS) is 10.5. The van der Waals surface area contributed by atoms with Gasteiger partial charge in [0.25, 0.3) is 5.91 Å². The average Bonchev–Trinajstić information content (AvgIpc) is 2.79. The topological polar surface area (TPSA) is 87.2 Å². The Hall–Kier alpha value is -2.28. The first kappa shape index (κ1) is 16.1. The minimum Gasteiger partial charge on any atom is -0.455 e. The minimum absolute atomic E-state index is 0.107. The van der Waals surface area contributed by atoms with Gasteiger partial charge in [-0.25, -0.2) is 4.68 Å². The number of nitrogens with two attached hydrogens (primary N) is 1. The van der Waals surface area contributed by atoms with Crippen molar-refractivity contribution < 1.29 is 14.3 Å². The van der Waals surface area contributed by atoms with Crippen molar-refractivity contribution in [1.29, 1.82) is 0 Å². The number of aromatic nitrogens is 2. The lowest BCUT2D eigenvalue weighted by molar-refractivity contribution is -0.145. The fourth-order valence-corrected chi connectivity index (χ4v) is 2.87. The quantitative estimate of drug-likeness (QED) is 0.645. The summed E-state index contributed by atoms with van der Waals surface area (Å²) in [6.07, 6.45) is 0. The van der Waals surface area contributed by atoms with Crippen LogP contribution >= 0.6 is 11.8 Å². The summed E-state index contributed by atoms with van der Waals surface area (Å²) in [5, 5.41) is 4.50. The molecule has 0 aliphatic carbocycles. The highest BCUT2D eigenvalue weighted by molar-refractivity contribution is 8.00.